The van der Waals surface area contributed by atoms with E-state index in [0.717, 1.165) is 17.2 Å². The molecule has 0 N–H and O–H groups in total. The molecule has 0 bridgehead atoms. The maximum atomic E-state index is 5.92. The van der Waals surface area contributed by atoms with Gasteiger partial charge in [0.2, 0.25) is 0 Å². The Labute approximate surface area is 349 Å². The molecule has 0 atom stereocenters. The second-order valence-corrected chi connectivity index (χ2v) is 15.4. The fraction of sp³-hybridized carbons (Fsp3) is 0.236. The molecule has 300 valence electrons. The standard InChI is InChI=1S/C22H22O.2C16H18O.CH4/c1-16-4-8-20(9-5-16)21-10-6-19(7-11-21)15-23-22-13-17(2)12-18(3)14-22;1-12-4-6-15(7-5-12)11-17-16-9-13(2)8-14(3)10-16;1-12-5-4-6-15(8-12)11-17-16-9-13(2)7-14(3)10-16;/h4-14H,15H2,1-3H3;2*4-10H,11H2,1-3H3;1H4. The molecule has 7 aromatic carbocycles. The van der Waals surface area contributed by atoms with Gasteiger partial charge >= 0.3 is 0 Å². The average Bonchev–Trinajstić information content (AvgIpc) is 3.16. The summed E-state index contributed by atoms with van der Waals surface area (Å²) >= 11 is 0. The molecule has 3 nitrogen and oxygen atoms in total. The van der Waals surface area contributed by atoms with Crippen molar-refractivity contribution in [3.63, 3.8) is 0 Å². The van der Waals surface area contributed by atoms with Crippen molar-refractivity contribution in [3.8, 4) is 28.4 Å². The molecular formula is C55H62O3. The minimum Gasteiger partial charge on any atom is -0.489 e. The van der Waals surface area contributed by atoms with Gasteiger partial charge in [-0.2, -0.15) is 0 Å². The number of hydrogen-bond donors (Lipinski definition) is 0. The Morgan fingerprint density at radius 1 is 0.276 bits per heavy atom. The van der Waals surface area contributed by atoms with E-state index in [9.17, 15) is 0 Å². The molecule has 7 rings (SSSR count). The highest BCUT2D eigenvalue weighted by molar-refractivity contribution is 5.64. The Balaban J connectivity index is 0.000000194. The predicted molar refractivity (Wildman–Crippen MR) is 246 cm³/mol. The van der Waals surface area contributed by atoms with Gasteiger partial charge in [0.1, 0.15) is 37.1 Å². The number of hydrogen-bond acceptors (Lipinski definition) is 3. The van der Waals surface area contributed by atoms with Gasteiger partial charge in [-0.05, 0) is 160 Å². The quantitative estimate of drug-likeness (QED) is 0.139. The minimum absolute atomic E-state index is 0. The van der Waals surface area contributed by atoms with Crippen LogP contribution in [0.1, 0.15) is 74.2 Å². The van der Waals surface area contributed by atoms with Crippen LogP contribution in [-0.4, -0.2) is 0 Å². The summed E-state index contributed by atoms with van der Waals surface area (Å²) in [6.07, 6.45) is 0. The molecule has 0 spiro atoms. The predicted octanol–water partition coefficient (Wildman–Crippen LogP) is 14.9. The first kappa shape index (κ1) is 44.7. The molecule has 0 aliphatic rings. The molecule has 0 amide bonds. The fourth-order valence-corrected chi connectivity index (χ4v) is 6.57. The summed E-state index contributed by atoms with van der Waals surface area (Å²) in [5.41, 5.74) is 17.3. The molecule has 0 unspecified atom stereocenters. The Morgan fingerprint density at radius 3 is 0.948 bits per heavy atom. The van der Waals surface area contributed by atoms with Crippen LogP contribution in [0.15, 0.2) is 152 Å². The van der Waals surface area contributed by atoms with E-state index in [4.69, 9.17) is 14.2 Å². The zero-order chi connectivity index (χ0) is 40.7. The third-order valence-electron chi connectivity index (χ3n) is 9.34. The summed E-state index contributed by atoms with van der Waals surface area (Å²) in [5.74, 6) is 2.83. The molecule has 0 heterocycles. The number of aryl methyl sites for hydroxylation is 9. The van der Waals surface area contributed by atoms with Crippen molar-refractivity contribution < 1.29 is 14.2 Å². The van der Waals surface area contributed by atoms with Crippen molar-refractivity contribution in [3.05, 3.63) is 218 Å². The third kappa shape index (κ3) is 15.1. The van der Waals surface area contributed by atoms with Gasteiger partial charge in [-0.15, -0.1) is 0 Å². The molecule has 58 heavy (non-hydrogen) atoms. The van der Waals surface area contributed by atoms with Crippen molar-refractivity contribution in [2.45, 2.75) is 89.6 Å². The number of ether oxygens (including phenoxy) is 3. The van der Waals surface area contributed by atoms with Crippen molar-refractivity contribution in [2.24, 2.45) is 0 Å². The van der Waals surface area contributed by atoms with E-state index in [1.165, 1.54) is 77.9 Å². The van der Waals surface area contributed by atoms with Crippen LogP contribution in [0.2, 0.25) is 0 Å². The lowest BCUT2D eigenvalue weighted by Crippen LogP contribution is -1.96. The lowest BCUT2D eigenvalue weighted by atomic mass is 10.0. The summed E-state index contributed by atoms with van der Waals surface area (Å²) in [6, 6.07) is 53.0. The molecule has 0 aliphatic carbocycles. The normalized spacial score (nSPS) is 10.2. The molecule has 0 radical (unpaired) electrons. The van der Waals surface area contributed by atoms with Crippen molar-refractivity contribution in [1.29, 1.82) is 0 Å². The zero-order valence-electron chi connectivity index (χ0n) is 35.3. The van der Waals surface area contributed by atoms with E-state index < -0.39 is 0 Å². The topological polar surface area (TPSA) is 27.7 Å². The van der Waals surface area contributed by atoms with Crippen LogP contribution >= 0.6 is 0 Å². The van der Waals surface area contributed by atoms with E-state index in [1.807, 2.05) is 0 Å². The van der Waals surface area contributed by atoms with Crippen LogP contribution in [-0.2, 0) is 19.8 Å². The first-order valence-corrected chi connectivity index (χ1v) is 19.8. The van der Waals surface area contributed by atoms with Crippen LogP contribution in [0.5, 0.6) is 17.2 Å². The highest BCUT2D eigenvalue weighted by atomic mass is 16.5. The fourth-order valence-electron chi connectivity index (χ4n) is 6.57. The summed E-state index contributed by atoms with van der Waals surface area (Å²) < 4.78 is 17.5. The SMILES string of the molecule is C.Cc1ccc(-c2ccc(COc3cc(C)cc(C)c3)cc2)cc1.Cc1ccc(COc2cc(C)cc(C)c2)cc1.Cc1cccc(COc2cc(C)cc(C)c2)c1. The number of rotatable bonds is 10. The zero-order valence-corrected chi connectivity index (χ0v) is 35.3. The van der Waals surface area contributed by atoms with E-state index in [0.29, 0.717) is 19.8 Å². The molecule has 0 fully saturated rings. The number of benzene rings is 7. The molecule has 0 saturated heterocycles. The van der Waals surface area contributed by atoms with Gasteiger partial charge in [0.05, 0.1) is 0 Å². The van der Waals surface area contributed by atoms with Crippen molar-refractivity contribution in [1.82, 2.24) is 0 Å². The van der Waals surface area contributed by atoms with Gasteiger partial charge in [0.25, 0.3) is 0 Å². The third-order valence-corrected chi connectivity index (χ3v) is 9.34. The molecular weight excluding hydrogens is 709 g/mol. The highest BCUT2D eigenvalue weighted by Gasteiger charge is 2.03. The first-order chi connectivity index (χ1) is 27.4. The molecule has 0 aromatic heterocycles. The van der Waals surface area contributed by atoms with Crippen molar-refractivity contribution >= 4 is 0 Å². The summed E-state index contributed by atoms with van der Waals surface area (Å²) in [7, 11) is 0. The lowest BCUT2D eigenvalue weighted by Gasteiger charge is -2.09. The summed E-state index contributed by atoms with van der Waals surface area (Å²) in [5, 5.41) is 0. The second-order valence-electron chi connectivity index (χ2n) is 15.4. The van der Waals surface area contributed by atoms with E-state index in [1.54, 1.807) is 0 Å². The van der Waals surface area contributed by atoms with Gasteiger partial charge in [-0.3, -0.25) is 0 Å². The lowest BCUT2D eigenvalue weighted by molar-refractivity contribution is 0.305. The second kappa shape index (κ2) is 22.0. The van der Waals surface area contributed by atoms with Gasteiger partial charge in [0.15, 0.2) is 0 Å². The van der Waals surface area contributed by atoms with Gasteiger partial charge in [-0.1, -0.05) is 139 Å². The Morgan fingerprint density at radius 2 is 0.586 bits per heavy atom. The molecule has 0 aliphatic heterocycles. The van der Waals surface area contributed by atoms with E-state index in [-0.39, 0.29) is 7.43 Å². The smallest absolute Gasteiger partial charge is 0.120 e. The average molecular weight is 771 g/mol. The van der Waals surface area contributed by atoms with Crippen LogP contribution in [0.25, 0.3) is 11.1 Å². The van der Waals surface area contributed by atoms with E-state index >= 15 is 0 Å². The van der Waals surface area contributed by atoms with Crippen molar-refractivity contribution in [2.75, 3.05) is 0 Å². The Kier molecular flexibility index (Phi) is 17.0. The Hall–Kier alpha value is -6.06. The molecule has 3 heteroatoms. The van der Waals surface area contributed by atoms with Gasteiger partial charge < -0.3 is 14.2 Å². The maximum absolute atomic E-state index is 5.92. The Bertz CT molecular complexity index is 2260. The van der Waals surface area contributed by atoms with Crippen LogP contribution in [0, 0.1) is 62.3 Å². The first-order valence-electron chi connectivity index (χ1n) is 19.8. The summed E-state index contributed by atoms with van der Waals surface area (Å²) in [4.78, 5) is 0. The van der Waals surface area contributed by atoms with Gasteiger partial charge in [-0.25, -0.2) is 0 Å². The maximum Gasteiger partial charge on any atom is 0.120 e. The molecule has 0 saturated carbocycles. The van der Waals surface area contributed by atoms with Gasteiger partial charge in [0, 0.05) is 0 Å². The largest absolute Gasteiger partial charge is 0.489 e. The van der Waals surface area contributed by atoms with Crippen LogP contribution in [0.3, 0.4) is 0 Å². The monoisotopic (exact) mass is 770 g/mol. The minimum atomic E-state index is 0. The van der Waals surface area contributed by atoms with E-state index in [2.05, 4.69) is 214 Å². The van der Waals surface area contributed by atoms with Crippen LogP contribution < -0.4 is 14.2 Å². The molecule has 7 aromatic rings. The van der Waals surface area contributed by atoms with Crippen LogP contribution in [0.4, 0.5) is 0 Å². The highest BCUT2D eigenvalue weighted by Crippen LogP contribution is 2.23. The summed E-state index contributed by atoms with van der Waals surface area (Å²) in [6.45, 7) is 20.7.